The van der Waals surface area contributed by atoms with E-state index in [2.05, 4.69) is 18.2 Å². The Morgan fingerprint density at radius 3 is 1.79 bits per heavy atom. The van der Waals surface area contributed by atoms with Gasteiger partial charge in [0.05, 0.1) is 11.5 Å². The van der Waals surface area contributed by atoms with E-state index in [1.54, 1.807) is 0 Å². The highest BCUT2D eigenvalue weighted by Crippen LogP contribution is 2.58. The Labute approximate surface area is 223 Å². The molecule has 2 aliphatic rings. The van der Waals surface area contributed by atoms with Gasteiger partial charge in [-0.2, -0.15) is 0 Å². The van der Waals surface area contributed by atoms with Crippen molar-refractivity contribution in [1.29, 1.82) is 0 Å². The normalized spacial score (nSPS) is 20.8. The number of hydrogen-bond acceptors (Lipinski definition) is 3. The van der Waals surface area contributed by atoms with Crippen LogP contribution in [0.1, 0.15) is 16.7 Å². The maximum Gasteiger partial charge on any atom is 0.282 e. The summed E-state index contributed by atoms with van der Waals surface area (Å²) < 4.78 is 34.9. The first kappa shape index (κ1) is 23.5. The van der Waals surface area contributed by atoms with E-state index in [-0.39, 0.29) is 0 Å². The molecule has 0 radical (unpaired) electrons. The molecule has 186 valence electrons. The second kappa shape index (κ2) is 8.98. The molecule has 2 atom stereocenters. The van der Waals surface area contributed by atoms with Crippen LogP contribution in [0.4, 0.5) is 0 Å². The van der Waals surface area contributed by atoms with Crippen LogP contribution in [0.2, 0.25) is 0 Å². The number of rotatable bonds is 4. The summed E-state index contributed by atoms with van der Waals surface area (Å²) in [7, 11) is -5.84. The van der Waals surface area contributed by atoms with Gasteiger partial charge in [-0.05, 0) is 45.5 Å². The van der Waals surface area contributed by atoms with E-state index < -0.39 is 14.5 Å². The fourth-order valence-corrected chi connectivity index (χ4v) is 11.3. The highest BCUT2D eigenvalue weighted by molar-refractivity contribution is 7.70. The van der Waals surface area contributed by atoms with Gasteiger partial charge in [-0.1, -0.05) is 109 Å². The lowest BCUT2D eigenvalue weighted by Gasteiger charge is -2.29. The number of fused-ring (bicyclic) bond motifs is 6. The first-order chi connectivity index (χ1) is 18.5. The Bertz CT molecular complexity index is 1660. The second-order valence-corrected chi connectivity index (χ2v) is 15.4. The van der Waals surface area contributed by atoms with Crippen molar-refractivity contribution >= 4 is 25.1 Å². The average Bonchev–Trinajstić information content (AvgIpc) is 2.94. The van der Waals surface area contributed by atoms with Crippen LogP contribution in [0.15, 0.2) is 121 Å². The minimum absolute atomic E-state index is 0.312. The van der Waals surface area contributed by atoms with Gasteiger partial charge in [0.2, 0.25) is 0 Å². The molecule has 5 aromatic carbocycles. The van der Waals surface area contributed by atoms with Gasteiger partial charge >= 0.3 is 0 Å². The molecule has 2 unspecified atom stereocenters. The lowest BCUT2D eigenvalue weighted by atomic mass is 10.0. The summed E-state index contributed by atoms with van der Waals surface area (Å²) in [6.07, 6.45) is 1.39. The summed E-state index contributed by atoms with van der Waals surface area (Å²) in [4.78, 5) is 0. The molecule has 0 N–H and O–H groups in total. The Hall–Kier alpha value is -3.64. The van der Waals surface area contributed by atoms with E-state index in [9.17, 15) is 9.13 Å². The first-order valence-electron chi connectivity index (χ1n) is 12.8. The summed E-state index contributed by atoms with van der Waals surface area (Å²) in [6.45, 7) is 0. The molecular formula is C33H26O3P2. The topological polar surface area (TPSA) is 43.4 Å². The molecule has 0 spiro atoms. The van der Waals surface area contributed by atoms with Crippen LogP contribution in [0, 0.1) is 0 Å². The minimum atomic E-state index is -3.16. The summed E-state index contributed by atoms with van der Waals surface area (Å²) in [5, 5.41) is 1.74. The molecule has 7 rings (SSSR count). The van der Waals surface area contributed by atoms with Gasteiger partial charge < -0.3 is 9.09 Å². The van der Waals surface area contributed by atoms with Gasteiger partial charge in [0, 0.05) is 23.2 Å². The molecule has 0 aromatic heterocycles. The average molecular weight is 533 g/mol. The smallest absolute Gasteiger partial charge is 0.282 e. The van der Waals surface area contributed by atoms with Crippen LogP contribution in [-0.2, 0) is 27.6 Å². The highest BCUT2D eigenvalue weighted by Gasteiger charge is 2.36. The van der Waals surface area contributed by atoms with Crippen LogP contribution in [0.5, 0.6) is 5.75 Å². The lowest BCUT2D eigenvalue weighted by Crippen LogP contribution is -2.19. The van der Waals surface area contributed by atoms with Crippen molar-refractivity contribution < 1.29 is 13.7 Å². The SMILES string of the molecule is O=P1(Cc2ccc(CP3(=O)Oc4ccccc4-c4ccccc43)cc2)Cc2ccccc2-c2ccccc21. The molecule has 0 amide bonds. The molecule has 0 fully saturated rings. The third-order valence-electron chi connectivity index (χ3n) is 7.62. The largest absolute Gasteiger partial charge is 0.439 e. The van der Waals surface area contributed by atoms with Crippen molar-refractivity contribution in [3.05, 3.63) is 138 Å². The van der Waals surface area contributed by atoms with Gasteiger partial charge in [0.15, 0.2) is 0 Å². The van der Waals surface area contributed by atoms with E-state index >= 15 is 0 Å². The molecule has 5 aromatic rings. The Morgan fingerprint density at radius 2 is 1.05 bits per heavy atom. The molecule has 0 aliphatic carbocycles. The molecule has 2 heterocycles. The van der Waals surface area contributed by atoms with Crippen molar-refractivity contribution in [2.45, 2.75) is 18.5 Å². The van der Waals surface area contributed by atoms with E-state index in [0.717, 1.165) is 44.0 Å². The van der Waals surface area contributed by atoms with Crippen LogP contribution in [0.25, 0.3) is 22.3 Å². The van der Waals surface area contributed by atoms with Crippen LogP contribution < -0.4 is 15.1 Å². The summed E-state index contributed by atoms with van der Waals surface area (Å²) in [6, 6.07) is 40.1. The van der Waals surface area contributed by atoms with E-state index in [4.69, 9.17) is 4.52 Å². The fraction of sp³-hybridized carbons (Fsp3) is 0.0909. The van der Waals surface area contributed by atoms with Crippen LogP contribution in [-0.4, -0.2) is 0 Å². The lowest BCUT2D eigenvalue weighted by molar-refractivity contribution is 0.490. The van der Waals surface area contributed by atoms with Gasteiger partial charge in [-0.15, -0.1) is 0 Å². The third-order valence-corrected chi connectivity index (χ3v) is 13.0. The maximum atomic E-state index is 14.4. The molecule has 0 saturated carbocycles. The van der Waals surface area contributed by atoms with E-state index in [0.29, 0.717) is 24.2 Å². The van der Waals surface area contributed by atoms with Gasteiger partial charge in [-0.3, -0.25) is 4.57 Å². The zero-order valence-electron chi connectivity index (χ0n) is 20.8. The second-order valence-electron chi connectivity index (χ2n) is 10.1. The van der Waals surface area contributed by atoms with Crippen molar-refractivity contribution in [1.82, 2.24) is 0 Å². The minimum Gasteiger partial charge on any atom is -0.439 e. The van der Waals surface area contributed by atoms with Crippen molar-refractivity contribution in [2.75, 3.05) is 0 Å². The zero-order valence-corrected chi connectivity index (χ0v) is 22.6. The van der Waals surface area contributed by atoms with Gasteiger partial charge in [0.1, 0.15) is 12.9 Å². The predicted molar refractivity (Wildman–Crippen MR) is 156 cm³/mol. The number of para-hydroxylation sites is 1. The Balaban J connectivity index is 1.18. The maximum absolute atomic E-state index is 14.4. The fourth-order valence-electron chi connectivity index (χ4n) is 5.86. The third kappa shape index (κ3) is 3.90. The Kier molecular flexibility index (Phi) is 5.55. The summed E-state index contributed by atoms with van der Waals surface area (Å²) >= 11 is 0. The molecule has 38 heavy (non-hydrogen) atoms. The molecule has 3 nitrogen and oxygen atoms in total. The number of hydrogen-bond donors (Lipinski definition) is 0. The molecule has 2 aliphatic heterocycles. The van der Waals surface area contributed by atoms with E-state index in [1.165, 1.54) is 5.56 Å². The van der Waals surface area contributed by atoms with E-state index in [1.807, 2.05) is 103 Å². The standard InChI is InChI=1S/C33H26O3P2/c34-37(23-26-9-1-2-10-27(26)29-12-4-7-15-32(29)37)21-24-17-19-25(20-18-24)22-38(35)33-16-8-5-13-30(33)28-11-3-6-14-31(28)36-38/h1-20H,21-23H2. The van der Waals surface area contributed by atoms with Crippen LogP contribution >= 0.6 is 14.5 Å². The van der Waals surface area contributed by atoms with Gasteiger partial charge in [-0.25, -0.2) is 0 Å². The molecule has 5 heteroatoms. The van der Waals surface area contributed by atoms with Gasteiger partial charge in [0.25, 0.3) is 7.37 Å². The molecule has 0 saturated heterocycles. The first-order valence-corrected chi connectivity index (χ1v) is 16.7. The molecular weight excluding hydrogens is 506 g/mol. The Morgan fingerprint density at radius 1 is 0.526 bits per heavy atom. The highest BCUT2D eigenvalue weighted by atomic mass is 31.2. The van der Waals surface area contributed by atoms with Crippen molar-refractivity contribution in [3.63, 3.8) is 0 Å². The quantitative estimate of drug-likeness (QED) is 0.219. The predicted octanol–water partition coefficient (Wildman–Crippen LogP) is 8.22. The zero-order chi connectivity index (χ0) is 25.7. The van der Waals surface area contributed by atoms with Crippen molar-refractivity contribution in [2.24, 2.45) is 0 Å². The van der Waals surface area contributed by atoms with Crippen LogP contribution in [0.3, 0.4) is 0 Å². The summed E-state index contributed by atoms with van der Waals surface area (Å²) in [5.74, 6) is 0.667. The monoisotopic (exact) mass is 532 g/mol. The number of benzene rings is 5. The van der Waals surface area contributed by atoms with Crippen molar-refractivity contribution in [3.8, 4) is 28.0 Å². The molecule has 0 bridgehead atoms. The summed E-state index contributed by atoms with van der Waals surface area (Å²) in [5.41, 5.74) is 7.34.